The summed E-state index contributed by atoms with van der Waals surface area (Å²) in [5.74, 6) is 0.272. The molecule has 1 aromatic heterocycles. The number of aromatic nitrogens is 1. The van der Waals surface area contributed by atoms with E-state index in [2.05, 4.69) is 23.5 Å². The second kappa shape index (κ2) is 13.6. The molecule has 0 aliphatic rings. The summed E-state index contributed by atoms with van der Waals surface area (Å²) in [5, 5.41) is 1.01. The Kier molecular flexibility index (Phi) is 10.8. The maximum Gasteiger partial charge on any atom is 0.261 e. The molecule has 0 unspecified atom stereocenters. The van der Waals surface area contributed by atoms with Crippen LogP contribution in [0.15, 0.2) is 65.6 Å². The van der Waals surface area contributed by atoms with E-state index in [0.29, 0.717) is 45.8 Å². The lowest BCUT2D eigenvalue weighted by Crippen LogP contribution is -2.38. The Morgan fingerprint density at radius 2 is 1.75 bits per heavy atom. The predicted octanol–water partition coefficient (Wildman–Crippen LogP) is 6.48. The summed E-state index contributed by atoms with van der Waals surface area (Å²) in [5.41, 5.74) is 2.17. The van der Waals surface area contributed by atoms with Crippen molar-refractivity contribution in [2.45, 2.75) is 25.7 Å². The molecule has 1 heterocycles. The highest BCUT2D eigenvalue weighted by Crippen LogP contribution is 2.39. The molecule has 0 spiro atoms. The Hall–Kier alpha value is -2.89. The van der Waals surface area contributed by atoms with E-state index < -0.39 is 10.0 Å². The van der Waals surface area contributed by atoms with Crippen molar-refractivity contribution in [2.75, 3.05) is 42.9 Å². The highest BCUT2D eigenvalue weighted by Gasteiger charge is 2.24. The van der Waals surface area contributed by atoms with Gasteiger partial charge >= 0.3 is 0 Å². The first-order valence-electron chi connectivity index (χ1n) is 12.5. The van der Waals surface area contributed by atoms with Crippen LogP contribution in [0.5, 0.6) is 5.75 Å². The van der Waals surface area contributed by atoms with Crippen LogP contribution in [0.1, 0.15) is 29.8 Å². The Morgan fingerprint density at radius 3 is 2.40 bits per heavy atom. The lowest BCUT2D eigenvalue weighted by atomic mass is 10.2. The third-order valence-corrected chi connectivity index (χ3v) is 9.31. The molecule has 1 amide bonds. The molecular weight excluding hydrogens is 591 g/mol. The van der Waals surface area contributed by atoms with Crippen LogP contribution in [0.2, 0.25) is 5.02 Å². The van der Waals surface area contributed by atoms with Gasteiger partial charge in [-0.1, -0.05) is 60.5 Å². The first-order valence-corrected chi connectivity index (χ1v) is 15.2. The Morgan fingerprint density at radius 1 is 1.05 bits per heavy atom. The van der Waals surface area contributed by atoms with Crippen LogP contribution < -0.4 is 14.4 Å². The number of hydrogen-bond acceptors (Lipinski definition) is 7. The first-order chi connectivity index (χ1) is 18.7. The fraction of sp³-hybridized carbons (Fsp3) is 0.286. The van der Waals surface area contributed by atoms with Crippen LogP contribution in [0.25, 0.3) is 10.2 Å². The minimum atomic E-state index is -3.82. The number of thiazole rings is 1. The predicted molar refractivity (Wildman–Crippen MR) is 166 cm³/mol. The molecule has 0 aliphatic carbocycles. The Balaban J connectivity index is 0.00000441. The number of carbonyl (C=O) groups excluding carboxylic acids is 1. The largest absolute Gasteiger partial charge is 0.494 e. The van der Waals surface area contributed by atoms with Gasteiger partial charge in [0.25, 0.3) is 15.9 Å². The highest BCUT2D eigenvalue weighted by atomic mass is 35.5. The number of anilines is 2. The molecule has 40 heavy (non-hydrogen) atoms. The average molecular weight is 624 g/mol. The number of methoxy groups -OCH3 is 1. The molecule has 8 nitrogen and oxygen atoms in total. The Bertz CT molecular complexity index is 1570. The molecule has 0 saturated heterocycles. The van der Waals surface area contributed by atoms with Crippen LogP contribution >= 0.6 is 35.3 Å². The number of nitrogens with one attached hydrogen (secondary N) is 1. The normalized spacial score (nSPS) is 11.3. The molecular formula is C28H32Cl2N4O4S2. The lowest BCUT2D eigenvalue weighted by Gasteiger charge is -2.25. The number of aryl methyl sites for hydroxylation is 1. The van der Waals surface area contributed by atoms with Gasteiger partial charge in [0, 0.05) is 24.3 Å². The molecule has 0 atom stereocenters. The fourth-order valence-electron chi connectivity index (χ4n) is 4.09. The zero-order valence-corrected chi connectivity index (χ0v) is 25.9. The second-order valence-corrected chi connectivity index (χ2v) is 12.0. The molecule has 214 valence electrons. The number of benzene rings is 3. The number of nitrogens with zero attached hydrogens (tertiary/aromatic N) is 3. The van der Waals surface area contributed by atoms with Gasteiger partial charge in [0.15, 0.2) is 5.13 Å². The quantitative estimate of drug-likeness (QED) is 0.206. The summed E-state index contributed by atoms with van der Waals surface area (Å²) >= 11 is 7.77. The number of fused-ring (bicyclic) bond motifs is 1. The average Bonchev–Trinajstić information content (AvgIpc) is 3.37. The van der Waals surface area contributed by atoms with E-state index in [1.807, 2.05) is 6.92 Å². The number of sulfonamides is 1. The standard InChI is InChI=1S/C28H31ClN4O4S2.ClH/c1-5-32(6-2)16-17-33(28-30-25-24(37-4)15-14-23(29)26(25)38-28)27(34)20-8-7-9-21(18-20)31-39(35,36)22-12-10-19(3)11-13-22;/h7-15,18,31H,5-6,16-17H2,1-4H3;1H. The van der Waals surface area contributed by atoms with E-state index in [-0.39, 0.29) is 23.2 Å². The Labute approximate surface area is 250 Å². The van der Waals surface area contributed by atoms with Crippen molar-refractivity contribution in [1.82, 2.24) is 9.88 Å². The van der Waals surface area contributed by atoms with Crippen LogP contribution in [-0.4, -0.2) is 57.5 Å². The third kappa shape index (κ3) is 7.05. The molecule has 0 radical (unpaired) electrons. The summed E-state index contributed by atoms with van der Waals surface area (Å²) in [6.07, 6.45) is 0. The van der Waals surface area contributed by atoms with Crippen LogP contribution in [-0.2, 0) is 10.0 Å². The number of rotatable bonds is 11. The number of amides is 1. The number of halogens is 2. The number of carbonyl (C=O) groups is 1. The number of ether oxygens (including phenoxy) is 1. The van der Waals surface area contributed by atoms with Crippen molar-refractivity contribution in [3.8, 4) is 5.75 Å². The molecule has 12 heteroatoms. The minimum Gasteiger partial charge on any atom is -0.494 e. The summed E-state index contributed by atoms with van der Waals surface area (Å²) in [6, 6.07) is 16.5. The third-order valence-electron chi connectivity index (χ3n) is 6.37. The van der Waals surface area contributed by atoms with E-state index >= 15 is 0 Å². The van der Waals surface area contributed by atoms with E-state index in [9.17, 15) is 13.2 Å². The SMILES string of the molecule is CCN(CC)CCN(C(=O)c1cccc(NS(=O)(=O)c2ccc(C)cc2)c1)c1nc2c(OC)ccc(Cl)c2s1.Cl. The van der Waals surface area contributed by atoms with Gasteiger partial charge in [-0.15, -0.1) is 12.4 Å². The van der Waals surface area contributed by atoms with Crippen molar-refractivity contribution in [1.29, 1.82) is 0 Å². The van der Waals surface area contributed by atoms with E-state index in [0.717, 1.165) is 23.4 Å². The maximum absolute atomic E-state index is 13.9. The first kappa shape index (κ1) is 31.6. The van der Waals surface area contributed by atoms with Crippen molar-refractivity contribution in [3.05, 3.63) is 76.8 Å². The van der Waals surface area contributed by atoms with Crippen molar-refractivity contribution >= 4 is 72.3 Å². The summed E-state index contributed by atoms with van der Waals surface area (Å²) < 4.78 is 34.7. The molecule has 4 rings (SSSR count). The summed E-state index contributed by atoms with van der Waals surface area (Å²) in [4.78, 5) is 22.6. The summed E-state index contributed by atoms with van der Waals surface area (Å²) in [6.45, 7) is 8.74. The minimum absolute atomic E-state index is 0. The van der Waals surface area contributed by atoms with E-state index in [1.165, 1.54) is 11.3 Å². The number of hydrogen-bond donors (Lipinski definition) is 1. The molecule has 0 fully saturated rings. The van der Waals surface area contributed by atoms with Gasteiger partial charge in [-0.25, -0.2) is 13.4 Å². The highest BCUT2D eigenvalue weighted by molar-refractivity contribution is 7.92. The zero-order chi connectivity index (χ0) is 28.2. The monoisotopic (exact) mass is 622 g/mol. The van der Waals surface area contributed by atoms with Gasteiger partial charge in [0.1, 0.15) is 11.3 Å². The van der Waals surface area contributed by atoms with Gasteiger partial charge in [-0.05, 0) is 62.5 Å². The zero-order valence-electron chi connectivity index (χ0n) is 22.7. The topological polar surface area (TPSA) is 91.8 Å². The second-order valence-electron chi connectivity index (χ2n) is 8.91. The molecule has 0 aliphatic heterocycles. The van der Waals surface area contributed by atoms with E-state index in [4.69, 9.17) is 21.3 Å². The van der Waals surface area contributed by atoms with Crippen LogP contribution in [0, 0.1) is 6.92 Å². The summed E-state index contributed by atoms with van der Waals surface area (Å²) in [7, 11) is -2.26. The van der Waals surface area contributed by atoms with Gasteiger partial charge < -0.3 is 9.64 Å². The molecule has 4 aromatic rings. The van der Waals surface area contributed by atoms with Gasteiger partial charge in [-0.3, -0.25) is 14.4 Å². The molecule has 0 saturated carbocycles. The van der Waals surface area contributed by atoms with Crippen molar-refractivity contribution in [3.63, 3.8) is 0 Å². The molecule has 3 aromatic carbocycles. The van der Waals surface area contributed by atoms with Gasteiger partial charge in [0.2, 0.25) is 0 Å². The van der Waals surface area contributed by atoms with Gasteiger partial charge in [-0.2, -0.15) is 0 Å². The van der Waals surface area contributed by atoms with Crippen molar-refractivity contribution < 1.29 is 17.9 Å². The lowest BCUT2D eigenvalue weighted by molar-refractivity contribution is 0.0983. The van der Waals surface area contributed by atoms with Crippen LogP contribution in [0.3, 0.4) is 0 Å². The van der Waals surface area contributed by atoms with Gasteiger partial charge in [0.05, 0.1) is 21.7 Å². The smallest absolute Gasteiger partial charge is 0.261 e. The van der Waals surface area contributed by atoms with Crippen LogP contribution in [0.4, 0.5) is 10.8 Å². The molecule has 1 N–H and O–H groups in total. The molecule has 0 bridgehead atoms. The van der Waals surface area contributed by atoms with Crippen molar-refractivity contribution in [2.24, 2.45) is 0 Å². The maximum atomic E-state index is 13.9. The number of likely N-dealkylation sites (N-methyl/N-ethyl adjacent to an activating group) is 1. The van der Waals surface area contributed by atoms with E-state index in [1.54, 1.807) is 72.7 Å². The fourth-order valence-corrected chi connectivity index (χ4v) is 6.42.